The van der Waals surface area contributed by atoms with Gasteiger partial charge in [0.25, 0.3) is 0 Å². The largest absolute Gasteiger partial charge is 0.493 e. The number of carbonyl (C=O) groups excluding carboxylic acids is 1. The molecule has 1 rings (SSSR count). The van der Waals surface area contributed by atoms with E-state index in [1.165, 1.54) is 25.1 Å². The Labute approximate surface area is 108 Å². The van der Waals surface area contributed by atoms with Crippen molar-refractivity contribution in [3.63, 3.8) is 0 Å². The number of hydrogen-bond acceptors (Lipinski definition) is 3. The van der Waals surface area contributed by atoms with Crippen LogP contribution in [0.15, 0.2) is 24.3 Å². The van der Waals surface area contributed by atoms with Crippen LogP contribution in [0.1, 0.15) is 18.9 Å². The molecule has 0 heterocycles. The third-order valence-corrected chi connectivity index (χ3v) is 2.63. The van der Waals surface area contributed by atoms with Gasteiger partial charge in [-0.2, -0.15) is 13.2 Å². The van der Waals surface area contributed by atoms with Crippen LogP contribution in [0, 0.1) is 0 Å². The van der Waals surface area contributed by atoms with E-state index >= 15 is 0 Å². The SMILES string of the molecule is CC(N)(CCOc1ccccc1C(F)(F)F)C(N)=O. The van der Waals surface area contributed by atoms with E-state index in [0.717, 1.165) is 6.07 Å². The molecule has 1 unspecified atom stereocenters. The van der Waals surface area contributed by atoms with Gasteiger partial charge in [-0.25, -0.2) is 0 Å². The fourth-order valence-corrected chi connectivity index (χ4v) is 1.32. The fourth-order valence-electron chi connectivity index (χ4n) is 1.32. The monoisotopic (exact) mass is 276 g/mol. The zero-order chi connectivity index (χ0) is 14.7. The molecular formula is C12H15F3N2O2. The first-order valence-electron chi connectivity index (χ1n) is 5.52. The maximum atomic E-state index is 12.7. The van der Waals surface area contributed by atoms with Crippen molar-refractivity contribution < 1.29 is 22.7 Å². The van der Waals surface area contributed by atoms with Gasteiger partial charge in [0.05, 0.1) is 17.7 Å². The van der Waals surface area contributed by atoms with Crippen molar-refractivity contribution in [2.75, 3.05) is 6.61 Å². The summed E-state index contributed by atoms with van der Waals surface area (Å²) < 4.78 is 43.0. The van der Waals surface area contributed by atoms with Crippen molar-refractivity contribution in [3.8, 4) is 5.75 Å². The van der Waals surface area contributed by atoms with Crippen molar-refractivity contribution in [1.29, 1.82) is 0 Å². The van der Waals surface area contributed by atoms with Gasteiger partial charge >= 0.3 is 6.18 Å². The molecule has 0 aromatic heterocycles. The van der Waals surface area contributed by atoms with Crippen LogP contribution in [0.25, 0.3) is 0 Å². The van der Waals surface area contributed by atoms with Crippen molar-refractivity contribution in [3.05, 3.63) is 29.8 Å². The third kappa shape index (κ3) is 4.13. The van der Waals surface area contributed by atoms with Gasteiger partial charge in [-0.05, 0) is 19.1 Å². The normalized spacial score (nSPS) is 14.8. The van der Waals surface area contributed by atoms with Gasteiger partial charge in [0, 0.05) is 6.42 Å². The molecule has 106 valence electrons. The van der Waals surface area contributed by atoms with Crippen LogP contribution in [0.3, 0.4) is 0 Å². The number of primary amides is 1. The van der Waals surface area contributed by atoms with Gasteiger partial charge in [0.2, 0.25) is 5.91 Å². The second-order valence-corrected chi connectivity index (χ2v) is 4.37. The van der Waals surface area contributed by atoms with Gasteiger partial charge in [-0.1, -0.05) is 12.1 Å². The predicted octanol–water partition coefficient (Wildman–Crippen LogP) is 1.68. The minimum atomic E-state index is -4.49. The molecule has 1 amide bonds. The second-order valence-electron chi connectivity index (χ2n) is 4.37. The minimum Gasteiger partial charge on any atom is -0.493 e. The Morgan fingerprint density at radius 1 is 1.32 bits per heavy atom. The number of rotatable bonds is 5. The Morgan fingerprint density at radius 2 is 1.89 bits per heavy atom. The number of nitrogens with two attached hydrogens (primary N) is 2. The molecule has 0 aliphatic heterocycles. The summed E-state index contributed by atoms with van der Waals surface area (Å²) in [7, 11) is 0. The number of benzene rings is 1. The van der Waals surface area contributed by atoms with Crippen LogP contribution in [0.5, 0.6) is 5.75 Å². The number of carbonyl (C=O) groups is 1. The highest BCUT2D eigenvalue weighted by Crippen LogP contribution is 2.35. The number of hydrogen-bond donors (Lipinski definition) is 2. The molecule has 4 nitrogen and oxygen atoms in total. The Morgan fingerprint density at radius 3 is 2.42 bits per heavy atom. The summed E-state index contributed by atoms with van der Waals surface area (Å²) >= 11 is 0. The van der Waals surface area contributed by atoms with Gasteiger partial charge < -0.3 is 16.2 Å². The fraction of sp³-hybridized carbons (Fsp3) is 0.417. The van der Waals surface area contributed by atoms with Crippen molar-refractivity contribution >= 4 is 5.91 Å². The lowest BCUT2D eigenvalue weighted by molar-refractivity contribution is -0.139. The van der Waals surface area contributed by atoms with Gasteiger partial charge in [-0.3, -0.25) is 4.79 Å². The summed E-state index contributed by atoms with van der Waals surface area (Å²) in [5.41, 5.74) is 8.44. The molecule has 0 fully saturated rings. The van der Waals surface area contributed by atoms with Crippen LogP contribution in [-0.4, -0.2) is 18.1 Å². The summed E-state index contributed by atoms with van der Waals surface area (Å²) in [6.45, 7) is 1.26. The average molecular weight is 276 g/mol. The summed E-state index contributed by atoms with van der Waals surface area (Å²) in [6, 6.07) is 4.83. The first kappa shape index (κ1) is 15.3. The molecular weight excluding hydrogens is 261 g/mol. The molecule has 0 aliphatic rings. The van der Waals surface area contributed by atoms with E-state index in [1.807, 2.05) is 0 Å². The number of amides is 1. The number of para-hydroxylation sites is 1. The molecule has 19 heavy (non-hydrogen) atoms. The molecule has 0 radical (unpaired) electrons. The highest BCUT2D eigenvalue weighted by Gasteiger charge is 2.34. The highest BCUT2D eigenvalue weighted by molar-refractivity contribution is 5.83. The zero-order valence-corrected chi connectivity index (χ0v) is 10.3. The predicted molar refractivity (Wildman–Crippen MR) is 63.3 cm³/mol. The summed E-state index contributed by atoms with van der Waals surface area (Å²) in [5.74, 6) is -1.03. The van der Waals surface area contributed by atoms with Gasteiger partial charge in [-0.15, -0.1) is 0 Å². The Kier molecular flexibility index (Phi) is 4.41. The topological polar surface area (TPSA) is 78.3 Å². The molecule has 0 saturated carbocycles. The first-order chi connectivity index (χ1) is 8.64. The van der Waals surface area contributed by atoms with Crippen LogP contribution >= 0.6 is 0 Å². The number of ether oxygens (including phenoxy) is 1. The van der Waals surface area contributed by atoms with E-state index in [1.54, 1.807) is 0 Å². The molecule has 0 aliphatic carbocycles. The first-order valence-corrected chi connectivity index (χ1v) is 5.52. The Bertz CT molecular complexity index is 459. The van der Waals surface area contributed by atoms with E-state index in [0.29, 0.717) is 0 Å². The molecule has 7 heteroatoms. The van der Waals surface area contributed by atoms with Gasteiger partial charge in [0.1, 0.15) is 5.75 Å². The minimum absolute atomic E-state index is 0.0223. The van der Waals surface area contributed by atoms with E-state index in [2.05, 4.69) is 0 Å². The van der Waals surface area contributed by atoms with Gasteiger partial charge in [0.15, 0.2) is 0 Å². The highest BCUT2D eigenvalue weighted by atomic mass is 19.4. The van der Waals surface area contributed by atoms with Crippen LogP contribution < -0.4 is 16.2 Å². The molecule has 1 aromatic carbocycles. The van der Waals surface area contributed by atoms with Crippen LogP contribution in [-0.2, 0) is 11.0 Å². The van der Waals surface area contributed by atoms with Crippen LogP contribution in [0.2, 0.25) is 0 Å². The maximum Gasteiger partial charge on any atom is 0.419 e. The maximum absolute atomic E-state index is 12.7. The van der Waals surface area contributed by atoms with Crippen LogP contribution in [0.4, 0.5) is 13.2 Å². The number of halogens is 3. The Balaban J connectivity index is 2.72. The van der Waals surface area contributed by atoms with Crippen molar-refractivity contribution in [2.45, 2.75) is 25.1 Å². The average Bonchev–Trinajstić information content (AvgIpc) is 2.27. The summed E-state index contributed by atoms with van der Waals surface area (Å²) in [4.78, 5) is 11.0. The van der Waals surface area contributed by atoms with E-state index < -0.39 is 23.2 Å². The molecule has 0 saturated heterocycles. The number of alkyl halides is 3. The smallest absolute Gasteiger partial charge is 0.419 e. The third-order valence-electron chi connectivity index (χ3n) is 2.63. The molecule has 0 spiro atoms. The molecule has 0 bridgehead atoms. The second kappa shape index (κ2) is 5.48. The molecule has 1 aromatic rings. The lowest BCUT2D eigenvalue weighted by atomic mass is 9.99. The Hall–Kier alpha value is -1.76. The molecule has 4 N–H and O–H groups in total. The lowest BCUT2D eigenvalue weighted by Crippen LogP contribution is -2.50. The summed E-state index contributed by atoms with van der Waals surface area (Å²) in [5, 5.41) is 0. The standard InChI is InChI=1S/C12H15F3N2O2/c1-11(17,10(16)18)6-7-19-9-5-3-2-4-8(9)12(13,14)15/h2-5H,6-7,17H2,1H3,(H2,16,18). The van der Waals surface area contributed by atoms with E-state index in [9.17, 15) is 18.0 Å². The summed E-state index contributed by atoms with van der Waals surface area (Å²) in [6.07, 6.45) is -4.47. The quantitative estimate of drug-likeness (QED) is 0.858. The lowest BCUT2D eigenvalue weighted by Gasteiger charge is -2.21. The van der Waals surface area contributed by atoms with E-state index in [4.69, 9.17) is 16.2 Å². The van der Waals surface area contributed by atoms with Crippen molar-refractivity contribution in [1.82, 2.24) is 0 Å². The van der Waals surface area contributed by atoms with Crippen molar-refractivity contribution in [2.24, 2.45) is 11.5 Å². The molecule has 1 atom stereocenters. The zero-order valence-electron chi connectivity index (χ0n) is 10.3. The van der Waals surface area contributed by atoms with E-state index in [-0.39, 0.29) is 18.8 Å².